The first kappa shape index (κ1) is 20.4. The van der Waals surface area contributed by atoms with Crippen LogP contribution in [0.2, 0.25) is 0 Å². The molecule has 3 aliphatic rings. The summed E-state index contributed by atoms with van der Waals surface area (Å²) in [6, 6.07) is 10.5. The van der Waals surface area contributed by atoms with Crippen molar-refractivity contribution in [1.82, 2.24) is 20.0 Å². The summed E-state index contributed by atoms with van der Waals surface area (Å²) in [6.07, 6.45) is 4.90. The van der Waals surface area contributed by atoms with Gasteiger partial charge in [0, 0.05) is 37.3 Å². The number of rotatable bonds is 5. The van der Waals surface area contributed by atoms with Gasteiger partial charge >= 0.3 is 0 Å². The number of hydrogen-bond acceptors (Lipinski definition) is 4. The molecule has 29 heavy (non-hydrogen) atoms. The SMILES string of the molecule is CN(C)CC(=O)NC[C@H]1[C@H]2C[C@H](CN(C(=O)c3ccccc3)C2)[C@@H]2CCCCN21. The highest BCUT2D eigenvalue weighted by Gasteiger charge is 2.47. The van der Waals surface area contributed by atoms with Crippen molar-refractivity contribution in [1.29, 1.82) is 0 Å². The molecular weight excluding hydrogens is 364 g/mol. The van der Waals surface area contributed by atoms with Gasteiger partial charge in [0.1, 0.15) is 0 Å². The zero-order valence-corrected chi connectivity index (χ0v) is 17.7. The van der Waals surface area contributed by atoms with Gasteiger partial charge in [-0.2, -0.15) is 0 Å². The molecule has 4 rings (SSSR count). The third kappa shape index (κ3) is 4.48. The predicted octanol–water partition coefficient (Wildman–Crippen LogP) is 1.68. The number of nitrogens with one attached hydrogen (secondary N) is 1. The molecule has 3 fully saturated rings. The first-order chi connectivity index (χ1) is 14.0. The van der Waals surface area contributed by atoms with E-state index in [1.807, 2.05) is 49.3 Å². The van der Waals surface area contributed by atoms with E-state index in [9.17, 15) is 9.59 Å². The summed E-state index contributed by atoms with van der Waals surface area (Å²) < 4.78 is 0. The third-order valence-electron chi connectivity index (χ3n) is 6.90. The lowest BCUT2D eigenvalue weighted by atomic mass is 9.72. The van der Waals surface area contributed by atoms with Crippen LogP contribution in [0.25, 0.3) is 0 Å². The first-order valence-electron chi connectivity index (χ1n) is 11.0. The van der Waals surface area contributed by atoms with E-state index < -0.39 is 0 Å². The van der Waals surface area contributed by atoms with Crippen molar-refractivity contribution in [2.24, 2.45) is 11.8 Å². The second kappa shape index (κ2) is 8.84. The number of fused-ring (bicyclic) bond motifs is 4. The van der Waals surface area contributed by atoms with Gasteiger partial charge in [-0.15, -0.1) is 0 Å². The van der Waals surface area contributed by atoms with Crippen LogP contribution in [0.1, 0.15) is 36.0 Å². The Labute approximate surface area is 174 Å². The predicted molar refractivity (Wildman–Crippen MR) is 114 cm³/mol. The monoisotopic (exact) mass is 398 g/mol. The van der Waals surface area contributed by atoms with Crippen LogP contribution in [-0.2, 0) is 4.79 Å². The lowest BCUT2D eigenvalue weighted by Crippen LogP contribution is -2.66. The van der Waals surface area contributed by atoms with Crippen molar-refractivity contribution in [3.63, 3.8) is 0 Å². The van der Waals surface area contributed by atoms with E-state index in [4.69, 9.17) is 0 Å². The zero-order valence-electron chi connectivity index (χ0n) is 17.7. The molecule has 1 N–H and O–H groups in total. The Hall–Kier alpha value is -1.92. The van der Waals surface area contributed by atoms with Crippen molar-refractivity contribution in [3.8, 4) is 0 Å². The fourth-order valence-corrected chi connectivity index (χ4v) is 5.68. The van der Waals surface area contributed by atoms with Crippen LogP contribution in [0.4, 0.5) is 0 Å². The Bertz CT molecular complexity index is 723. The van der Waals surface area contributed by atoms with Gasteiger partial charge in [0.05, 0.1) is 6.54 Å². The van der Waals surface area contributed by atoms with Crippen molar-refractivity contribution in [2.75, 3.05) is 46.8 Å². The molecule has 6 heteroatoms. The molecule has 3 saturated heterocycles. The number of hydrogen-bond donors (Lipinski definition) is 1. The molecule has 1 aromatic carbocycles. The maximum absolute atomic E-state index is 13.1. The molecule has 0 radical (unpaired) electrons. The normalized spacial score (nSPS) is 29.4. The molecule has 4 atom stereocenters. The number of carbonyl (C=O) groups excluding carboxylic acids is 2. The number of nitrogens with zero attached hydrogens (tertiary/aromatic N) is 3. The summed E-state index contributed by atoms with van der Waals surface area (Å²) in [7, 11) is 3.83. The second-order valence-corrected chi connectivity index (χ2v) is 9.24. The maximum atomic E-state index is 13.1. The van der Waals surface area contributed by atoms with E-state index in [2.05, 4.69) is 15.1 Å². The van der Waals surface area contributed by atoms with Gasteiger partial charge in [-0.25, -0.2) is 0 Å². The van der Waals surface area contributed by atoms with Crippen LogP contribution in [0.3, 0.4) is 0 Å². The molecule has 6 nitrogen and oxygen atoms in total. The summed E-state index contributed by atoms with van der Waals surface area (Å²) in [5, 5.41) is 3.17. The van der Waals surface area contributed by atoms with E-state index >= 15 is 0 Å². The van der Waals surface area contributed by atoms with E-state index in [1.54, 1.807) is 0 Å². The fraction of sp³-hybridized carbons (Fsp3) is 0.652. The van der Waals surface area contributed by atoms with Gasteiger partial charge in [0.25, 0.3) is 5.91 Å². The Morgan fingerprint density at radius 3 is 2.62 bits per heavy atom. The molecule has 2 amide bonds. The van der Waals surface area contributed by atoms with Gasteiger partial charge in [0.15, 0.2) is 0 Å². The minimum atomic E-state index is 0.0821. The molecule has 3 aliphatic heterocycles. The van der Waals surface area contributed by atoms with Crippen molar-refractivity contribution in [2.45, 2.75) is 37.8 Å². The largest absolute Gasteiger partial charge is 0.353 e. The van der Waals surface area contributed by atoms with Crippen LogP contribution < -0.4 is 5.32 Å². The number of benzene rings is 1. The van der Waals surface area contributed by atoms with Gasteiger partial charge < -0.3 is 15.1 Å². The minimum absolute atomic E-state index is 0.0821. The molecule has 0 saturated carbocycles. The zero-order chi connectivity index (χ0) is 20.4. The lowest BCUT2D eigenvalue weighted by Gasteiger charge is -2.56. The van der Waals surface area contributed by atoms with Gasteiger partial charge in [0.2, 0.25) is 5.91 Å². The van der Waals surface area contributed by atoms with Crippen LogP contribution >= 0.6 is 0 Å². The van der Waals surface area contributed by atoms with Gasteiger partial charge in [-0.3, -0.25) is 14.5 Å². The van der Waals surface area contributed by atoms with Crippen LogP contribution in [-0.4, -0.2) is 85.4 Å². The fourth-order valence-electron chi connectivity index (χ4n) is 5.68. The molecule has 3 heterocycles. The number of likely N-dealkylation sites (N-methyl/N-ethyl adjacent to an activating group) is 1. The third-order valence-corrected chi connectivity index (χ3v) is 6.90. The summed E-state index contributed by atoms with van der Waals surface area (Å²) >= 11 is 0. The van der Waals surface area contributed by atoms with Gasteiger partial charge in [-0.1, -0.05) is 24.6 Å². The molecule has 2 bridgehead atoms. The first-order valence-corrected chi connectivity index (χ1v) is 11.0. The molecule has 0 spiro atoms. The summed E-state index contributed by atoms with van der Waals surface area (Å²) in [4.78, 5) is 32.0. The van der Waals surface area contributed by atoms with Crippen molar-refractivity contribution in [3.05, 3.63) is 35.9 Å². The number of piperidine rings is 3. The lowest BCUT2D eigenvalue weighted by molar-refractivity contribution is -0.123. The second-order valence-electron chi connectivity index (χ2n) is 9.24. The van der Waals surface area contributed by atoms with Crippen LogP contribution in [0, 0.1) is 11.8 Å². The average Bonchev–Trinajstić information content (AvgIpc) is 2.73. The highest BCUT2D eigenvalue weighted by atomic mass is 16.2. The van der Waals surface area contributed by atoms with E-state index in [1.165, 1.54) is 25.7 Å². The van der Waals surface area contributed by atoms with Crippen LogP contribution in [0.15, 0.2) is 30.3 Å². The van der Waals surface area contributed by atoms with E-state index in [0.717, 1.165) is 25.2 Å². The highest BCUT2D eigenvalue weighted by Crippen LogP contribution is 2.41. The Morgan fingerprint density at radius 2 is 1.86 bits per heavy atom. The van der Waals surface area contributed by atoms with Crippen LogP contribution in [0.5, 0.6) is 0 Å². The summed E-state index contributed by atoms with van der Waals surface area (Å²) in [6.45, 7) is 3.89. The standard InChI is InChI=1S/C23H34N4O2/c1-25(2)16-22(28)24-13-21-19-12-18(20-10-6-7-11-27(20)21)14-26(15-19)23(29)17-8-4-3-5-9-17/h3-5,8-9,18-21H,6-7,10-16H2,1-2H3,(H,24,28)/t18-,19+,20+,21+/m1/s1. The molecule has 0 aromatic heterocycles. The molecule has 0 unspecified atom stereocenters. The summed E-state index contributed by atoms with van der Waals surface area (Å²) in [5.41, 5.74) is 0.781. The maximum Gasteiger partial charge on any atom is 0.253 e. The Morgan fingerprint density at radius 1 is 1.10 bits per heavy atom. The van der Waals surface area contributed by atoms with E-state index in [0.29, 0.717) is 37.0 Å². The Balaban J connectivity index is 1.49. The minimum Gasteiger partial charge on any atom is -0.353 e. The number of carbonyl (C=O) groups is 2. The summed E-state index contributed by atoms with van der Waals surface area (Å²) in [5.74, 6) is 1.21. The number of amides is 2. The molecule has 158 valence electrons. The molecule has 0 aliphatic carbocycles. The average molecular weight is 399 g/mol. The molecular formula is C23H34N4O2. The number of likely N-dealkylation sites (tertiary alicyclic amines) is 1. The Kier molecular flexibility index (Phi) is 6.20. The van der Waals surface area contributed by atoms with Crippen molar-refractivity contribution >= 4 is 11.8 Å². The van der Waals surface area contributed by atoms with Gasteiger partial charge in [-0.05, 0) is 63.9 Å². The smallest absolute Gasteiger partial charge is 0.253 e. The van der Waals surface area contributed by atoms with Crippen molar-refractivity contribution < 1.29 is 9.59 Å². The topological polar surface area (TPSA) is 55.9 Å². The quantitative estimate of drug-likeness (QED) is 0.820. The molecule has 1 aromatic rings. The van der Waals surface area contributed by atoms with E-state index in [-0.39, 0.29) is 11.8 Å². The highest BCUT2D eigenvalue weighted by molar-refractivity contribution is 5.94.